The van der Waals surface area contributed by atoms with Crippen LogP contribution in [-0.4, -0.2) is 28.0 Å². The van der Waals surface area contributed by atoms with Crippen LogP contribution < -0.4 is 0 Å². The molecular weight excluding hydrogens is 174 g/mol. The maximum Gasteiger partial charge on any atom is 0.208 e. The van der Waals surface area contributed by atoms with E-state index in [9.17, 15) is 0 Å². The van der Waals surface area contributed by atoms with Gasteiger partial charge in [0.05, 0.1) is 0 Å². The largest absolute Gasteiger partial charge is 0.370 e. The van der Waals surface area contributed by atoms with Crippen LogP contribution in [0.4, 0.5) is 0 Å². The van der Waals surface area contributed by atoms with Gasteiger partial charge in [0.15, 0.2) is 5.82 Å². The highest BCUT2D eigenvalue weighted by atomic mass is 32.2. The van der Waals surface area contributed by atoms with Crippen LogP contribution >= 0.6 is 11.8 Å². The van der Waals surface area contributed by atoms with E-state index in [4.69, 9.17) is 4.74 Å². The molecule has 1 aromatic rings. The molecule has 12 heavy (non-hydrogen) atoms. The van der Waals surface area contributed by atoms with E-state index in [1.54, 1.807) is 0 Å². The first kappa shape index (κ1) is 8.07. The Hall–Kier alpha value is -0.550. The third-order valence-electron chi connectivity index (χ3n) is 1.90. The number of hydrogen-bond acceptors (Lipinski definition) is 4. The summed E-state index contributed by atoms with van der Waals surface area (Å²) in [7, 11) is 0. The molecule has 0 aromatic carbocycles. The zero-order valence-corrected chi connectivity index (χ0v) is 7.73. The Bertz CT molecular complexity index is 257. The van der Waals surface area contributed by atoms with Crippen LogP contribution in [0.15, 0.2) is 5.16 Å². The van der Waals surface area contributed by atoms with E-state index in [0.29, 0.717) is 0 Å². The zero-order chi connectivity index (χ0) is 8.39. The van der Waals surface area contributed by atoms with Crippen molar-refractivity contribution in [1.29, 1.82) is 0 Å². The monoisotopic (exact) mass is 185 g/mol. The van der Waals surface area contributed by atoms with Gasteiger partial charge in [0.2, 0.25) is 5.16 Å². The van der Waals surface area contributed by atoms with E-state index < -0.39 is 0 Å². The van der Waals surface area contributed by atoms with E-state index >= 15 is 0 Å². The summed E-state index contributed by atoms with van der Waals surface area (Å²) in [6.45, 7) is 0.847. The zero-order valence-electron chi connectivity index (χ0n) is 6.91. The van der Waals surface area contributed by atoms with E-state index in [1.807, 2.05) is 6.26 Å². The molecule has 2 rings (SSSR count). The summed E-state index contributed by atoms with van der Waals surface area (Å²) >= 11 is 1.54. The predicted octanol–water partition coefficient (Wildman–Crippen LogP) is 1.38. The molecule has 5 heteroatoms. The molecule has 1 N–H and O–H groups in total. The normalized spacial score (nSPS) is 23.2. The second kappa shape index (κ2) is 3.45. The molecule has 0 saturated carbocycles. The lowest BCUT2D eigenvalue weighted by molar-refractivity contribution is 0.105. The average Bonchev–Trinajstić information content (AvgIpc) is 2.75. The number of rotatable bonds is 2. The Labute approximate surface area is 75.1 Å². The Kier molecular flexibility index (Phi) is 2.32. The van der Waals surface area contributed by atoms with Crippen molar-refractivity contribution < 1.29 is 4.74 Å². The molecule has 0 amide bonds. The summed E-state index contributed by atoms with van der Waals surface area (Å²) in [5.74, 6) is 0.872. The van der Waals surface area contributed by atoms with Gasteiger partial charge in [-0.05, 0) is 19.1 Å². The minimum atomic E-state index is 0.151. The molecule has 1 atom stereocenters. The molecule has 0 aliphatic carbocycles. The van der Waals surface area contributed by atoms with E-state index in [2.05, 4.69) is 15.2 Å². The molecule has 66 valence electrons. The van der Waals surface area contributed by atoms with Gasteiger partial charge >= 0.3 is 0 Å². The second-order valence-corrected chi connectivity index (χ2v) is 3.48. The fraction of sp³-hybridized carbons (Fsp3) is 0.714. The molecule has 0 bridgehead atoms. The highest BCUT2D eigenvalue weighted by Crippen LogP contribution is 2.26. The minimum absolute atomic E-state index is 0.151. The van der Waals surface area contributed by atoms with Crippen molar-refractivity contribution in [3.8, 4) is 0 Å². The fourth-order valence-electron chi connectivity index (χ4n) is 1.29. The van der Waals surface area contributed by atoms with E-state index in [0.717, 1.165) is 30.4 Å². The van der Waals surface area contributed by atoms with E-state index in [1.165, 1.54) is 11.8 Å². The van der Waals surface area contributed by atoms with Crippen LogP contribution in [0.5, 0.6) is 0 Å². The van der Waals surface area contributed by atoms with Crippen LogP contribution in [0.1, 0.15) is 24.8 Å². The molecule has 1 aliphatic heterocycles. The van der Waals surface area contributed by atoms with E-state index in [-0.39, 0.29) is 6.10 Å². The highest BCUT2D eigenvalue weighted by molar-refractivity contribution is 7.98. The van der Waals surface area contributed by atoms with Crippen molar-refractivity contribution in [2.24, 2.45) is 0 Å². The summed E-state index contributed by atoms with van der Waals surface area (Å²) < 4.78 is 5.45. The van der Waals surface area contributed by atoms with Crippen molar-refractivity contribution in [2.75, 3.05) is 12.9 Å². The molecule has 1 fully saturated rings. The molecule has 1 unspecified atom stereocenters. The van der Waals surface area contributed by atoms with Crippen LogP contribution in [0.2, 0.25) is 0 Å². The second-order valence-electron chi connectivity index (χ2n) is 2.71. The quantitative estimate of drug-likeness (QED) is 0.707. The van der Waals surface area contributed by atoms with Crippen LogP contribution in [0.3, 0.4) is 0 Å². The maximum atomic E-state index is 5.45. The lowest BCUT2D eigenvalue weighted by Gasteiger charge is -2.02. The average molecular weight is 185 g/mol. The van der Waals surface area contributed by atoms with Crippen molar-refractivity contribution in [3.63, 3.8) is 0 Å². The third-order valence-corrected chi connectivity index (χ3v) is 2.45. The van der Waals surface area contributed by atoms with Crippen molar-refractivity contribution in [1.82, 2.24) is 15.2 Å². The van der Waals surface area contributed by atoms with Crippen LogP contribution in [-0.2, 0) is 4.74 Å². The number of H-pyrrole nitrogens is 1. The Balaban J connectivity index is 2.11. The van der Waals surface area contributed by atoms with Gasteiger partial charge in [-0.15, -0.1) is 5.10 Å². The number of hydrogen-bond donors (Lipinski definition) is 1. The third kappa shape index (κ3) is 1.47. The van der Waals surface area contributed by atoms with Gasteiger partial charge in [-0.2, -0.15) is 0 Å². The van der Waals surface area contributed by atoms with Crippen molar-refractivity contribution in [2.45, 2.75) is 24.1 Å². The number of nitrogens with one attached hydrogen (secondary N) is 1. The highest BCUT2D eigenvalue weighted by Gasteiger charge is 2.20. The number of thioether (sulfide) groups is 1. The lowest BCUT2D eigenvalue weighted by Crippen LogP contribution is -1.97. The minimum Gasteiger partial charge on any atom is -0.370 e. The smallest absolute Gasteiger partial charge is 0.208 e. The lowest BCUT2D eigenvalue weighted by atomic mass is 10.2. The Morgan fingerprint density at radius 2 is 2.58 bits per heavy atom. The standard InChI is InChI=1S/C7H11N3OS/c1-12-7-8-6(9-10-7)5-3-2-4-11-5/h5H,2-4H2,1H3,(H,8,9,10). The first-order valence-corrected chi connectivity index (χ1v) is 5.20. The van der Waals surface area contributed by atoms with Gasteiger partial charge in [-0.1, -0.05) is 11.8 Å². The molecule has 1 saturated heterocycles. The summed E-state index contributed by atoms with van der Waals surface area (Å²) in [6, 6.07) is 0. The first-order chi connectivity index (χ1) is 5.90. The van der Waals surface area contributed by atoms with Crippen molar-refractivity contribution in [3.05, 3.63) is 5.82 Å². The molecule has 0 spiro atoms. The summed E-state index contributed by atoms with van der Waals surface area (Å²) in [4.78, 5) is 4.28. The van der Waals surface area contributed by atoms with Gasteiger partial charge in [-0.3, -0.25) is 5.10 Å². The molecule has 1 aliphatic rings. The summed E-state index contributed by atoms with van der Waals surface area (Å²) in [5.41, 5.74) is 0. The molecular formula is C7H11N3OS. The van der Waals surface area contributed by atoms with Crippen LogP contribution in [0.25, 0.3) is 0 Å². The maximum absolute atomic E-state index is 5.45. The predicted molar refractivity (Wildman–Crippen MR) is 46.1 cm³/mol. The Morgan fingerprint density at radius 1 is 1.67 bits per heavy atom. The summed E-state index contributed by atoms with van der Waals surface area (Å²) in [6.07, 6.45) is 4.30. The topological polar surface area (TPSA) is 50.8 Å². The number of nitrogens with zero attached hydrogens (tertiary/aromatic N) is 2. The van der Waals surface area contributed by atoms with Gasteiger partial charge in [-0.25, -0.2) is 4.98 Å². The molecule has 4 nitrogen and oxygen atoms in total. The van der Waals surface area contributed by atoms with Gasteiger partial charge in [0, 0.05) is 6.61 Å². The molecule has 2 heterocycles. The van der Waals surface area contributed by atoms with Crippen molar-refractivity contribution >= 4 is 11.8 Å². The van der Waals surface area contributed by atoms with Crippen LogP contribution in [0, 0.1) is 0 Å². The molecule has 1 aromatic heterocycles. The fourth-order valence-corrected chi connectivity index (χ4v) is 1.61. The Morgan fingerprint density at radius 3 is 3.17 bits per heavy atom. The summed E-state index contributed by atoms with van der Waals surface area (Å²) in [5, 5.41) is 7.71. The number of aromatic amines is 1. The number of ether oxygens (including phenoxy) is 1. The van der Waals surface area contributed by atoms with Gasteiger partial charge in [0.1, 0.15) is 6.10 Å². The number of aromatic nitrogens is 3. The molecule has 0 radical (unpaired) electrons. The SMILES string of the molecule is CSc1n[nH]c(C2CCCO2)n1. The first-order valence-electron chi connectivity index (χ1n) is 3.98. The van der Waals surface area contributed by atoms with Gasteiger partial charge < -0.3 is 4.74 Å². The van der Waals surface area contributed by atoms with Gasteiger partial charge in [0.25, 0.3) is 0 Å².